The van der Waals surface area contributed by atoms with Crippen molar-refractivity contribution in [1.82, 2.24) is 15.0 Å². The predicted molar refractivity (Wildman–Crippen MR) is 93.5 cm³/mol. The molecule has 2 aromatic rings. The summed E-state index contributed by atoms with van der Waals surface area (Å²) in [4.78, 5) is 16.8. The maximum absolute atomic E-state index is 12.6. The van der Waals surface area contributed by atoms with Gasteiger partial charge < -0.3 is 11.2 Å². The monoisotopic (exact) mass is 312 g/mol. The Bertz CT molecular complexity index is 711. The molecule has 2 heterocycles. The summed E-state index contributed by atoms with van der Waals surface area (Å²) in [5.41, 5.74) is 2.15. The van der Waals surface area contributed by atoms with Gasteiger partial charge in [0.15, 0.2) is 0 Å². The zero-order valence-electron chi connectivity index (χ0n) is 13.4. The van der Waals surface area contributed by atoms with Gasteiger partial charge in [0, 0.05) is 29.9 Å². The van der Waals surface area contributed by atoms with Gasteiger partial charge in [-0.1, -0.05) is 38.3 Å². The first-order valence-corrected chi connectivity index (χ1v) is 8.35. The molecule has 0 saturated heterocycles. The first kappa shape index (κ1) is 15.6. The van der Waals surface area contributed by atoms with E-state index in [2.05, 4.69) is 16.9 Å². The molecule has 0 spiro atoms. The van der Waals surface area contributed by atoms with E-state index in [4.69, 9.17) is 5.84 Å². The highest BCUT2D eigenvalue weighted by Gasteiger charge is 2.18. The van der Waals surface area contributed by atoms with Gasteiger partial charge in [-0.25, -0.2) is 0 Å². The Kier molecular flexibility index (Phi) is 4.65. The molecule has 1 aliphatic rings. The Morgan fingerprint density at radius 2 is 2.09 bits per heavy atom. The first-order chi connectivity index (χ1) is 11.2. The smallest absolute Gasteiger partial charge is 0.253 e. The third-order valence-corrected chi connectivity index (χ3v) is 4.76. The molecule has 0 aliphatic heterocycles. The second-order valence-corrected chi connectivity index (χ2v) is 6.34. The second kappa shape index (κ2) is 6.86. The number of nitrogens with two attached hydrogens (primary N) is 1. The number of rotatable bonds is 4. The van der Waals surface area contributed by atoms with E-state index < -0.39 is 0 Å². The van der Waals surface area contributed by atoms with Crippen molar-refractivity contribution in [3.63, 3.8) is 0 Å². The molecule has 23 heavy (non-hydrogen) atoms. The number of hydrogen-bond donors (Lipinski definition) is 2. The van der Waals surface area contributed by atoms with Crippen LogP contribution < -0.4 is 11.2 Å². The van der Waals surface area contributed by atoms with Crippen molar-refractivity contribution in [2.75, 3.05) is 12.4 Å². The van der Waals surface area contributed by atoms with Crippen molar-refractivity contribution >= 4 is 22.9 Å². The Morgan fingerprint density at radius 3 is 2.78 bits per heavy atom. The topological polar surface area (TPSA) is 72.9 Å². The van der Waals surface area contributed by atoms with Crippen LogP contribution in [0.4, 0.5) is 0 Å². The minimum atomic E-state index is -0.0715. The summed E-state index contributed by atoms with van der Waals surface area (Å²) >= 11 is 0. The van der Waals surface area contributed by atoms with Gasteiger partial charge in [0.25, 0.3) is 5.91 Å². The van der Waals surface area contributed by atoms with E-state index >= 15 is 0 Å². The number of nitrogens with zero attached hydrogens (tertiary/aromatic N) is 2. The summed E-state index contributed by atoms with van der Waals surface area (Å²) in [6.45, 7) is 4.54. The van der Waals surface area contributed by atoms with E-state index in [9.17, 15) is 4.79 Å². The summed E-state index contributed by atoms with van der Waals surface area (Å²) in [6.07, 6.45) is 14.4. The fraction of sp³-hybridized carbons (Fsp3) is 0.444. The molecule has 0 radical (unpaired) electrons. The molecular weight excluding hydrogens is 288 g/mol. The van der Waals surface area contributed by atoms with Crippen molar-refractivity contribution in [3.05, 3.63) is 36.3 Å². The molecule has 122 valence electrons. The number of amides is 1. The number of fused-ring (bicyclic) bond motifs is 1. The van der Waals surface area contributed by atoms with E-state index in [1.807, 2.05) is 0 Å². The molecule has 1 saturated carbocycles. The standard InChI is InChI=1S/C18H24N4O/c1-2-14-10-20-11-16-17(14)15(12-22(16)19)18(23)21-9-13-7-5-3-4-6-8-13/h2,10-13H,1,3-9,19H2,(H,21,23). The summed E-state index contributed by atoms with van der Waals surface area (Å²) < 4.78 is 1.45. The minimum Gasteiger partial charge on any atom is -0.352 e. The molecule has 0 unspecified atom stereocenters. The number of nitrogen functional groups attached to an aromatic ring is 1. The van der Waals surface area contributed by atoms with Crippen molar-refractivity contribution in [1.29, 1.82) is 0 Å². The zero-order valence-corrected chi connectivity index (χ0v) is 13.4. The van der Waals surface area contributed by atoms with Crippen molar-refractivity contribution in [2.45, 2.75) is 38.5 Å². The molecule has 3 rings (SSSR count). The number of aromatic nitrogens is 2. The minimum absolute atomic E-state index is 0.0715. The SMILES string of the molecule is C=Cc1cncc2c1c(C(=O)NCC1CCCCCC1)cn2N. The molecule has 0 aromatic carbocycles. The van der Waals surface area contributed by atoms with Gasteiger partial charge in [0.1, 0.15) is 0 Å². The van der Waals surface area contributed by atoms with Crippen molar-refractivity contribution < 1.29 is 4.79 Å². The van der Waals surface area contributed by atoms with E-state index in [0.29, 0.717) is 11.5 Å². The maximum Gasteiger partial charge on any atom is 0.253 e. The first-order valence-electron chi connectivity index (χ1n) is 8.35. The molecule has 5 nitrogen and oxygen atoms in total. The van der Waals surface area contributed by atoms with Crippen LogP contribution in [0.15, 0.2) is 25.2 Å². The highest BCUT2D eigenvalue weighted by molar-refractivity contribution is 6.09. The van der Waals surface area contributed by atoms with Crippen molar-refractivity contribution in [2.24, 2.45) is 5.92 Å². The average molecular weight is 312 g/mol. The van der Waals surface area contributed by atoms with Crippen LogP contribution in [-0.4, -0.2) is 22.1 Å². The molecule has 0 atom stereocenters. The highest BCUT2D eigenvalue weighted by atomic mass is 16.1. The lowest BCUT2D eigenvalue weighted by Crippen LogP contribution is -2.29. The second-order valence-electron chi connectivity index (χ2n) is 6.34. The molecule has 5 heteroatoms. The van der Waals surface area contributed by atoms with E-state index in [1.54, 1.807) is 24.7 Å². The Labute approximate surface area is 136 Å². The van der Waals surface area contributed by atoms with Crippen LogP contribution in [0.2, 0.25) is 0 Å². The van der Waals surface area contributed by atoms with Crippen LogP contribution in [0, 0.1) is 5.92 Å². The van der Waals surface area contributed by atoms with Gasteiger partial charge in [-0.3, -0.25) is 14.5 Å². The number of carbonyl (C=O) groups is 1. The summed E-state index contributed by atoms with van der Waals surface area (Å²) in [7, 11) is 0. The summed E-state index contributed by atoms with van der Waals surface area (Å²) in [6, 6.07) is 0. The van der Waals surface area contributed by atoms with Crippen LogP contribution in [0.1, 0.15) is 54.4 Å². The largest absolute Gasteiger partial charge is 0.352 e. The van der Waals surface area contributed by atoms with Gasteiger partial charge in [-0.15, -0.1) is 0 Å². The molecule has 0 bridgehead atoms. The van der Waals surface area contributed by atoms with Gasteiger partial charge in [-0.05, 0) is 18.8 Å². The predicted octanol–water partition coefficient (Wildman–Crippen LogP) is 3.09. The van der Waals surface area contributed by atoms with Crippen LogP contribution in [0.5, 0.6) is 0 Å². The molecule has 2 aromatic heterocycles. The molecule has 1 fully saturated rings. The number of nitrogens with one attached hydrogen (secondary N) is 1. The normalized spacial score (nSPS) is 16.2. The summed E-state index contributed by atoms with van der Waals surface area (Å²) in [5, 5.41) is 3.91. The molecular formula is C18H24N4O. The quantitative estimate of drug-likeness (QED) is 0.673. The lowest BCUT2D eigenvalue weighted by Gasteiger charge is -2.14. The maximum atomic E-state index is 12.6. The third kappa shape index (κ3) is 3.23. The third-order valence-electron chi connectivity index (χ3n) is 4.76. The van der Waals surface area contributed by atoms with Crippen LogP contribution >= 0.6 is 0 Å². The number of pyridine rings is 1. The van der Waals surface area contributed by atoms with Gasteiger partial charge in [-0.2, -0.15) is 0 Å². The molecule has 1 amide bonds. The number of hydrogen-bond acceptors (Lipinski definition) is 3. The van der Waals surface area contributed by atoms with Crippen LogP contribution in [-0.2, 0) is 0 Å². The Hall–Kier alpha value is -2.30. The van der Waals surface area contributed by atoms with Gasteiger partial charge in [0.2, 0.25) is 0 Å². The van der Waals surface area contributed by atoms with E-state index in [0.717, 1.165) is 23.0 Å². The fourth-order valence-corrected chi connectivity index (χ4v) is 3.45. The Balaban J connectivity index is 1.79. The van der Waals surface area contributed by atoms with E-state index in [1.165, 1.54) is 43.2 Å². The highest BCUT2D eigenvalue weighted by Crippen LogP contribution is 2.25. The molecule has 1 aliphatic carbocycles. The van der Waals surface area contributed by atoms with Crippen molar-refractivity contribution in [3.8, 4) is 0 Å². The lowest BCUT2D eigenvalue weighted by molar-refractivity contribution is 0.0947. The number of carbonyl (C=O) groups excluding carboxylic acids is 1. The molecule has 3 N–H and O–H groups in total. The fourth-order valence-electron chi connectivity index (χ4n) is 3.45. The van der Waals surface area contributed by atoms with E-state index in [-0.39, 0.29) is 5.91 Å². The van der Waals surface area contributed by atoms with Crippen LogP contribution in [0.25, 0.3) is 17.0 Å². The lowest BCUT2D eigenvalue weighted by atomic mass is 10.0. The van der Waals surface area contributed by atoms with Crippen LogP contribution in [0.3, 0.4) is 0 Å². The van der Waals surface area contributed by atoms with Gasteiger partial charge in [0.05, 0.1) is 17.3 Å². The summed E-state index contributed by atoms with van der Waals surface area (Å²) in [5.74, 6) is 6.48. The average Bonchev–Trinajstić information content (AvgIpc) is 2.76. The van der Waals surface area contributed by atoms with Gasteiger partial charge >= 0.3 is 0 Å². The Morgan fingerprint density at radius 1 is 1.35 bits per heavy atom. The zero-order chi connectivity index (χ0) is 16.2.